The van der Waals surface area contributed by atoms with Crippen molar-refractivity contribution in [3.8, 4) is 0 Å². The smallest absolute Gasteiger partial charge is 0.227 e. The summed E-state index contributed by atoms with van der Waals surface area (Å²) < 4.78 is 0. The quantitative estimate of drug-likeness (QED) is 0.798. The molecule has 1 aliphatic heterocycles. The van der Waals surface area contributed by atoms with E-state index in [0.29, 0.717) is 6.42 Å². The maximum absolute atomic E-state index is 12.4. The first kappa shape index (κ1) is 14.9. The summed E-state index contributed by atoms with van der Waals surface area (Å²) >= 11 is 0. The Balaban J connectivity index is 1.24. The highest BCUT2D eigenvalue weighted by molar-refractivity contribution is 5.78. The number of allylic oxidation sites excluding steroid dienone is 2. The van der Waals surface area contributed by atoms with Gasteiger partial charge in [-0.1, -0.05) is 42.5 Å². The number of benzene rings is 1. The van der Waals surface area contributed by atoms with Gasteiger partial charge in [-0.2, -0.15) is 0 Å². The van der Waals surface area contributed by atoms with Crippen LogP contribution in [-0.4, -0.2) is 48.4 Å². The first-order valence-corrected chi connectivity index (χ1v) is 9.00. The van der Waals surface area contributed by atoms with E-state index >= 15 is 0 Å². The normalized spacial score (nSPS) is 30.1. The number of amides is 1. The molecule has 0 aromatic heterocycles. The van der Waals surface area contributed by atoms with E-state index in [0.717, 1.165) is 49.5 Å². The third-order valence-electron chi connectivity index (χ3n) is 5.83. The number of fused-ring (bicyclic) bond motifs is 2. The van der Waals surface area contributed by atoms with E-state index in [-0.39, 0.29) is 5.91 Å². The van der Waals surface area contributed by atoms with Crippen LogP contribution in [-0.2, 0) is 11.2 Å². The van der Waals surface area contributed by atoms with Gasteiger partial charge in [0.2, 0.25) is 5.91 Å². The summed E-state index contributed by atoms with van der Waals surface area (Å²) in [7, 11) is 0. The molecule has 0 radical (unpaired) electrons. The molecule has 2 bridgehead atoms. The van der Waals surface area contributed by atoms with Gasteiger partial charge < -0.3 is 4.90 Å². The molecule has 23 heavy (non-hydrogen) atoms. The molecule has 1 aromatic rings. The molecule has 1 saturated heterocycles. The minimum atomic E-state index is 0.277. The Morgan fingerprint density at radius 2 is 1.78 bits per heavy atom. The van der Waals surface area contributed by atoms with E-state index in [1.54, 1.807) is 0 Å². The minimum absolute atomic E-state index is 0.277. The van der Waals surface area contributed by atoms with Crippen molar-refractivity contribution in [1.29, 1.82) is 0 Å². The van der Waals surface area contributed by atoms with Gasteiger partial charge in [-0.25, -0.2) is 0 Å². The maximum Gasteiger partial charge on any atom is 0.227 e. The van der Waals surface area contributed by atoms with E-state index in [9.17, 15) is 4.79 Å². The number of carbonyl (C=O) groups is 1. The Kier molecular flexibility index (Phi) is 4.21. The second-order valence-electron chi connectivity index (χ2n) is 7.38. The third kappa shape index (κ3) is 3.35. The Morgan fingerprint density at radius 1 is 1.00 bits per heavy atom. The maximum atomic E-state index is 12.4. The number of piperazine rings is 1. The molecule has 0 spiro atoms. The summed E-state index contributed by atoms with van der Waals surface area (Å²) in [4.78, 5) is 17.0. The third-order valence-corrected chi connectivity index (χ3v) is 5.83. The minimum Gasteiger partial charge on any atom is -0.340 e. The molecule has 0 unspecified atom stereocenters. The van der Waals surface area contributed by atoms with E-state index in [1.807, 2.05) is 35.2 Å². The fourth-order valence-electron chi connectivity index (χ4n) is 4.50. The zero-order valence-electron chi connectivity index (χ0n) is 13.7. The summed E-state index contributed by atoms with van der Waals surface area (Å²) in [6.45, 7) is 5.09. The van der Waals surface area contributed by atoms with Crippen LogP contribution >= 0.6 is 0 Å². The lowest BCUT2D eigenvalue weighted by Gasteiger charge is -2.37. The predicted molar refractivity (Wildman–Crippen MR) is 92.0 cm³/mol. The van der Waals surface area contributed by atoms with Crippen LogP contribution in [0.1, 0.15) is 18.4 Å². The van der Waals surface area contributed by atoms with Crippen LogP contribution in [0.5, 0.6) is 0 Å². The predicted octanol–water partition coefficient (Wildman–Crippen LogP) is 2.59. The molecule has 2 fully saturated rings. The Bertz CT molecular complexity index is 575. The van der Waals surface area contributed by atoms with E-state index in [2.05, 4.69) is 17.1 Å². The van der Waals surface area contributed by atoms with Crippen LogP contribution in [0.4, 0.5) is 0 Å². The van der Waals surface area contributed by atoms with Gasteiger partial charge in [0.25, 0.3) is 0 Å². The summed E-state index contributed by atoms with van der Waals surface area (Å²) in [5, 5.41) is 0. The molecule has 1 saturated carbocycles. The van der Waals surface area contributed by atoms with Crippen molar-refractivity contribution in [1.82, 2.24) is 9.80 Å². The second kappa shape index (κ2) is 6.48. The highest BCUT2D eigenvalue weighted by Gasteiger charge is 2.36. The Labute approximate surface area is 139 Å². The van der Waals surface area contributed by atoms with Crippen LogP contribution in [0.15, 0.2) is 42.5 Å². The van der Waals surface area contributed by atoms with E-state index in [4.69, 9.17) is 0 Å². The summed E-state index contributed by atoms with van der Waals surface area (Å²) in [6, 6.07) is 10.1. The van der Waals surface area contributed by atoms with Gasteiger partial charge in [0.15, 0.2) is 0 Å². The summed E-state index contributed by atoms with van der Waals surface area (Å²) in [6.07, 6.45) is 8.17. The van der Waals surface area contributed by atoms with Crippen molar-refractivity contribution in [3.63, 3.8) is 0 Å². The largest absolute Gasteiger partial charge is 0.340 e. The SMILES string of the molecule is O=C(Cc1ccccc1)N1CCN(C[C@@H]2C[C@@H]3C=C[C@H]2C3)CC1. The average molecular weight is 310 g/mol. The van der Waals surface area contributed by atoms with Gasteiger partial charge in [0.05, 0.1) is 6.42 Å². The van der Waals surface area contributed by atoms with Crippen molar-refractivity contribution in [2.24, 2.45) is 17.8 Å². The molecular formula is C20H26N2O. The lowest BCUT2D eigenvalue weighted by Crippen LogP contribution is -2.50. The standard InChI is InChI=1S/C20H26N2O/c23-20(14-16-4-2-1-3-5-16)22-10-8-21(9-11-22)15-19-13-17-6-7-18(19)12-17/h1-7,17-19H,8-15H2/t17-,18+,19+/m1/s1. The number of nitrogens with zero attached hydrogens (tertiary/aromatic N) is 2. The number of hydrogen-bond acceptors (Lipinski definition) is 2. The van der Waals surface area contributed by atoms with Gasteiger partial charge in [0.1, 0.15) is 0 Å². The molecule has 3 atom stereocenters. The van der Waals surface area contributed by atoms with Crippen LogP contribution in [0.3, 0.4) is 0 Å². The first-order chi connectivity index (χ1) is 11.3. The lowest BCUT2D eigenvalue weighted by molar-refractivity contribution is -0.132. The first-order valence-electron chi connectivity index (χ1n) is 9.00. The Hall–Kier alpha value is -1.61. The molecule has 3 nitrogen and oxygen atoms in total. The van der Waals surface area contributed by atoms with Gasteiger partial charge in [-0.05, 0) is 36.2 Å². The fraction of sp³-hybridized carbons (Fsp3) is 0.550. The molecule has 1 heterocycles. The Morgan fingerprint density at radius 3 is 2.43 bits per heavy atom. The van der Waals surface area contributed by atoms with E-state index in [1.165, 1.54) is 19.4 Å². The zero-order valence-corrected chi connectivity index (χ0v) is 13.7. The number of carbonyl (C=O) groups excluding carboxylic acids is 1. The van der Waals surface area contributed by atoms with Gasteiger partial charge in [0, 0.05) is 32.7 Å². The second-order valence-corrected chi connectivity index (χ2v) is 7.38. The van der Waals surface area contributed by atoms with Crippen molar-refractivity contribution >= 4 is 5.91 Å². The highest BCUT2D eigenvalue weighted by atomic mass is 16.2. The highest BCUT2D eigenvalue weighted by Crippen LogP contribution is 2.43. The number of hydrogen-bond donors (Lipinski definition) is 0. The topological polar surface area (TPSA) is 23.6 Å². The molecule has 1 amide bonds. The van der Waals surface area contributed by atoms with Crippen LogP contribution in [0, 0.1) is 17.8 Å². The average Bonchev–Trinajstić information content (AvgIpc) is 3.19. The van der Waals surface area contributed by atoms with Crippen molar-refractivity contribution < 1.29 is 4.79 Å². The van der Waals surface area contributed by atoms with Crippen LogP contribution in [0.25, 0.3) is 0 Å². The molecule has 3 heteroatoms. The van der Waals surface area contributed by atoms with E-state index < -0.39 is 0 Å². The van der Waals surface area contributed by atoms with Crippen molar-refractivity contribution in [3.05, 3.63) is 48.0 Å². The molecule has 122 valence electrons. The molecule has 2 aliphatic carbocycles. The molecule has 1 aromatic carbocycles. The molecule has 3 aliphatic rings. The van der Waals surface area contributed by atoms with Crippen LogP contribution in [0.2, 0.25) is 0 Å². The van der Waals surface area contributed by atoms with Gasteiger partial charge in [-0.15, -0.1) is 0 Å². The zero-order chi connectivity index (χ0) is 15.6. The van der Waals surface area contributed by atoms with Crippen molar-refractivity contribution in [2.45, 2.75) is 19.3 Å². The molecule has 4 rings (SSSR count). The monoisotopic (exact) mass is 310 g/mol. The van der Waals surface area contributed by atoms with Gasteiger partial charge >= 0.3 is 0 Å². The molecule has 0 N–H and O–H groups in total. The number of rotatable bonds is 4. The lowest BCUT2D eigenvalue weighted by atomic mass is 9.93. The fourth-order valence-corrected chi connectivity index (χ4v) is 4.50. The van der Waals surface area contributed by atoms with Crippen LogP contribution < -0.4 is 0 Å². The molecular weight excluding hydrogens is 284 g/mol. The summed E-state index contributed by atoms with van der Waals surface area (Å²) in [5.41, 5.74) is 1.12. The summed E-state index contributed by atoms with van der Waals surface area (Å²) in [5.74, 6) is 2.83. The van der Waals surface area contributed by atoms with Crippen molar-refractivity contribution in [2.75, 3.05) is 32.7 Å². The van der Waals surface area contributed by atoms with Gasteiger partial charge in [-0.3, -0.25) is 9.69 Å².